The Morgan fingerprint density at radius 1 is 1.10 bits per heavy atom. The van der Waals surface area contributed by atoms with Crippen LogP contribution in [0.4, 0.5) is 0 Å². The summed E-state index contributed by atoms with van der Waals surface area (Å²) in [6, 6.07) is 18.9. The third-order valence-corrected chi connectivity index (χ3v) is 4.76. The second kappa shape index (κ2) is 13.8. The highest BCUT2D eigenvalue weighted by Crippen LogP contribution is 2.24. The van der Waals surface area contributed by atoms with E-state index in [-0.39, 0.29) is 37.8 Å². The number of hydrogen-bond acceptors (Lipinski definition) is 4. The Labute approximate surface area is 195 Å². The number of aryl methyl sites for hydroxylation is 2. The zero-order chi connectivity index (χ0) is 20.5. The van der Waals surface area contributed by atoms with E-state index in [0.29, 0.717) is 12.2 Å². The number of imidazole rings is 1. The molecule has 0 saturated heterocycles. The van der Waals surface area contributed by atoms with Gasteiger partial charge >= 0.3 is 5.97 Å². The lowest BCUT2D eigenvalue weighted by atomic mass is 9.97. The van der Waals surface area contributed by atoms with E-state index in [1.54, 1.807) is 6.33 Å². The van der Waals surface area contributed by atoms with Gasteiger partial charge in [0.05, 0.1) is 18.6 Å². The lowest BCUT2D eigenvalue weighted by Crippen LogP contribution is -2.28. The average molecular weight is 466 g/mol. The molecule has 0 radical (unpaired) electrons. The number of ether oxygens (including phenoxy) is 1. The zero-order valence-corrected chi connectivity index (χ0v) is 18.9. The first-order chi connectivity index (χ1) is 14.2. The largest absolute Gasteiger partial charge is 0.479 e. The maximum absolute atomic E-state index is 11.3. The molecule has 0 aliphatic rings. The molecule has 6 nitrogen and oxygen atoms in total. The Morgan fingerprint density at radius 3 is 2.52 bits per heavy atom. The van der Waals surface area contributed by atoms with Gasteiger partial charge < -0.3 is 20.1 Å². The minimum absolute atomic E-state index is 0. The molecule has 0 bridgehead atoms. The molecule has 3 aromatic rings. The molecular formula is C23H29Cl2N3O3. The molecule has 3 N–H and O–H groups in total. The van der Waals surface area contributed by atoms with Gasteiger partial charge in [0.2, 0.25) is 0 Å². The first-order valence-electron chi connectivity index (χ1n) is 9.86. The van der Waals surface area contributed by atoms with E-state index in [0.717, 1.165) is 19.4 Å². The van der Waals surface area contributed by atoms with Crippen LogP contribution in [0, 0.1) is 0 Å². The normalized spacial score (nSPS) is 11.3. The van der Waals surface area contributed by atoms with Gasteiger partial charge in [-0.1, -0.05) is 54.6 Å². The Kier molecular flexibility index (Phi) is 11.9. The van der Waals surface area contributed by atoms with Gasteiger partial charge in [-0.15, -0.1) is 24.8 Å². The molecule has 0 spiro atoms. The van der Waals surface area contributed by atoms with E-state index >= 15 is 0 Å². The lowest BCUT2D eigenvalue weighted by Gasteiger charge is -2.11. The van der Waals surface area contributed by atoms with Gasteiger partial charge in [-0.3, -0.25) is 0 Å². The quantitative estimate of drug-likeness (QED) is 0.446. The van der Waals surface area contributed by atoms with E-state index in [9.17, 15) is 9.90 Å². The van der Waals surface area contributed by atoms with Gasteiger partial charge in [0.15, 0.2) is 6.10 Å². The van der Waals surface area contributed by atoms with Crippen molar-refractivity contribution in [3.8, 4) is 11.1 Å². The average Bonchev–Trinajstić information content (AvgIpc) is 3.19. The van der Waals surface area contributed by atoms with Crippen molar-refractivity contribution >= 4 is 30.8 Å². The SMILES string of the molecule is Cl.Cl.NCCO[C@@H](Cc1cn(CCCc2ccccc2-c2ccccc2)cn1)C(=O)O. The highest BCUT2D eigenvalue weighted by molar-refractivity contribution is 5.85. The van der Waals surface area contributed by atoms with Crippen molar-refractivity contribution in [1.29, 1.82) is 0 Å². The number of aliphatic carboxylic acids is 1. The number of carboxylic acids is 1. The molecule has 8 heteroatoms. The van der Waals surface area contributed by atoms with Crippen LogP contribution in [0.25, 0.3) is 11.1 Å². The van der Waals surface area contributed by atoms with E-state index < -0.39 is 12.1 Å². The van der Waals surface area contributed by atoms with E-state index in [4.69, 9.17) is 10.5 Å². The molecule has 1 atom stereocenters. The van der Waals surface area contributed by atoms with E-state index in [1.165, 1.54) is 16.7 Å². The van der Waals surface area contributed by atoms with Gasteiger partial charge in [0.25, 0.3) is 0 Å². The van der Waals surface area contributed by atoms with Gasteiger partial charge in [-0.2, -0.15) is 0 Å². The maximum atomic E-state index is 11.3. The molecular weight excluding hydrogens is 437 g/mol. The summed E-state index contributed by atoms with van der Waals surface area (Å²) in [6.45, 7) is 1.33. The number of rotatable bonds is 11. The monoisotopic (exact) mass is 465 g/mol. The summed E-state index contributed by atoms with van der Waals surface area (Å²) in [6.07, 6.45) is 4.88. The molecule has 3 rings (SSSR count). The van der Waals surface area contributed by atoms with Crippen molar-refractivity contribution in [2.24, 2.45) is 5.73 Å². The van der Waals surface area contributed by atoms with Gasteiger partial charge in [-0.25, -0.2) is 9.78 Å². The molecule has 0 unspecified atom stereocenters. The van der Waals surface area contributed by atoms with Crippen molar-refractivity contribution in [3.05, 3.63) is 78.4 Å². The molecule has 2 aromatic carbocycles. The second-order valence-corrected chi connectivity index (χ2v) is 6.92. The predicted octanol–water partition coefficient (Wildman–Crippen LogP) is 4.00. The highest BCUT2D eigenvalue weighted by atomic mass is 35.5. The fraction of sp³-hybridized carbons (Fsp3) is 0.304. The van der Waals surface area contributed by atoms with Crippen LogP contribution in [0.1, 0.15) is 17.7 Å². The number of halogens is 2. The summed E-state index contributed by atoms with van der Waals surface area (Å²) in [5.74, 6) is -0.995. The predicted molar refractivity (Wildman–Crippen MR) is 127 cm³/mol. The van der Waals surface area contributed by atoms with Gasteiger partial charge in [0.1, 0.15) is 0 Å². The molecule has 0 amide bonds. The van der Waals surface area contributed by atoms with Gasteiger partial charge in [-0.05, 0) is 29.5 Å². The molecule has 0 fully saturated rings. The molecule has 1 aromatic heterocycles. The molecule has 0 saturated carbocycles. The summed E-state index contributed by atoms with van der Waals surface area (Å²) in [4.78, 5) is 15.6. The third kappa shape index (κ3) is 7.99. The van der Waals surface area contributed by atoms with Crippen LogP contribution < -0.4 is 5.73 Å². The van der Waals surface area contributed by atoms with Crippen molar-refractivity contribution in [2.75, 3.05) is 13.2 Å². The summed E-state index contributed by atoms with van der Waals surface area (Å²) in [5, 5.41) is 9.26. The Hall–Kier alpha value is -2.38. The number of nitrogens with zero attached hydrogens (tertiary/aromatic N) is 2. The molecule has 0 aliphatic carbocycles. The minimum Gasteiger partial charge on any atom is -0.479 e. The van der Waals surface area contributed by atoms with E-state index in [2.05, 4.69) is 53.5 Å². The van der Waals surface area contributed by atoms with Crippen LogP contribution in [0.2, 0.25) is 0 Å². The summed E-state index contributed by atoms with van der Waals surface area (Å²) in [7, 11) is 0. The van der Waals surface area contributed by atoms with Gasteiger partial charge in [0, 0.05) is 25.7 Å². The van der Waals surface area contributed by atoms with E-state index in [1.807, 2.05) is 16.8 Å². The second-order valence-electron chi connectivity index (χ2n) is 6.92. The number of aromatic nitrogens is 2. The van der Waals surface area contributed by atoms with Crippen LogP contribution in [-0.2, 0) is 28.9 Å². The van der Waals surface area contributed by atoms with Crippen LogP contribution in [-0.4, -0.2) is 39.9 Å². The van der Waals surface area contributed by atoms with Crippen LogP contribution in [0.15, 0.2) is 67.1 Å². The highest BCUT2D eigenvalue weighted by Gasteiger charge is 2.19. The zero-order valence-electron chi connectivity index (χ0n) is 17.2. The van der Waals surface area contributed by atoms with Crippen molar-refractivity contribution in [3.63, 3.8) is 0 Å². The van der Waals surface area contributed by atoms with Crippen LogP contribution in [0.3, 0.4) is 0 Å². The van der Waals surface area contributed by atoms with Crippen molar-refractivity contribution in [2.45, 2.75) is 31.9 Å². The summed E-state index contributed by atoms with van der Waals surface area (Å²) in [5.41, 5.74) is 9.91. The maximum Gasteiger partial charge on any atom is 0.333 e. The number of benzene rings is 2. The molecule has 1 heterocycles. The Bertz CT molecular complexity index is 919. The first kappa shape index (κ1) is 26.7. The smallest absolute Gasteiger partial charge is 0.333 e. The number of nitrogens with two attached hydrogens (primary N) is 1. The van der Waals surface area contributed by atoms with Crippen LogP contribution >= 0.6 is 24.8 Å². The number of carboxylic acid groups (broad SMARTS) is 1. The Balaban J connectivity index is 0.00000240. The third-order valence-electron chi connectivity index (χ3n) is 4.76. The minimum atomic E-state index is -0.995. The first-order valence-corrected chi connectivity index (χ1v) is 9.86. The lowest BCUT2D eigenvalue weighted by molar-refractivity contribution is -0.150. The summed E-state index contributed by atoms with van der Waals surface area (Å²) >= 11 is 0. The molecule has 31 heavy (non-hydrogen) atoms. The van der Waals surface area contributed by atoms with Crippen molar-refractivity contribution in [1.82, 2.24) is 9.55 Å². The van der Waals surface area contributed by atoms with Crippen molar-refractivity contribution < 1.29 is 14.6 Å². The number of carbonyl (C=O) groups is 1. The van der Waals surface area contributed by atoms with Crippen LogP contribution in [0.5, 0.6) is 0 Å². The molecule has 0 aliphatic heterocycles. The summed E-state index contributed by atoms with van der Waals surface area (Å²) < 4.78 is 7.29. The Morgan fingerprint density at radius 2 is 1.81 bits per heavy atom. The number of hydrogen-bond donors (Lipinski definition) is 2. The fourth-order valence-electron chi connectivity index (χ4n) is 3.34. The standard InChI is InChI=1S/C23H27N3O3.2ClH/c24-12-14-29-22(23(27)28)15-20-16-26(17-25-20)13-6-10-19-9-4-5-11-21(19)18-7-2-1-3-8-18;;/h1-5,7-9,11,16-17,22H,6,10,12-15,24H2,(H,27,28);2*1H/t22-;;/m0../s1. The fourth-order valence-corrected chi connectivity index (χ4v) is 3.34. The topological polar surface area (TPSA) is 90.4 Å². The molecule has 168 valence electrons.